The molecule has 1 aromatic carbocycles. The first-order valence-electron chi connectivity index (χ1n) is 7.04. The molecular formula is C17H15N3OS2. The summed E-state index contributed by atoms with van der Waals surface area (Å²) in [6, 6.07) is 9.81. The van der Waals surface area contributed by atoms with Crippen LogP contribution in [0.1, 0.15) is 21.5 Å². The largest absolute Gasteiger partial charge is 0.298 e. The van der Waals surface area contributed by atoms with Gasteiger partial charge in [-0.25, -0.2) is 9.97 Å². The second kappa shape index (κ2) is 6.93. The number of rotatable bonds is 4. The van der Waals surface area contributed by atoms with Crippen molar-refractivity contribution < 1.29 is 4.79 Å². The Morgan fingerprint density at radius 1 is 1.17 bits per heavy atom. The number of aromatic nitrogens is 2. The third-order valence-electron chi connectivity index (χ3n) is 3.22. The summed E-state index contributed by atoms with van der Waals surface area (Å²) in [6.07, 6.45) is 3.36. The van der Waals surface area contributed by atoms with Gasteiger partial charge in [-0.1, -0.05) is 23.9 Å². The zero-order valence-corrected chi connectivity index (χ0v) is 14.4. The topological polar surface area (TPSA) is 54.9 Å². The molecule has 3 aromatic rings. The minimum Gasteiger partial charge on any atom is -0.298 e. The number of hydrogen-bond donors (Lipinski definition) is 1. The van der Waals surface area contributed by atoms with Crippen LogP contribution < -0.4 is 5.32 Å². The Labute approximate surface area is 143 Å². The number of carbonyl (C=O) groups is 1. The number of benzene rings is 1. The number of nitrogens with one attached hydrogen (secondary N) is 1. The third-order valence-corrected chi connectivity index (χ3v) is 5.09. The summed E-state index contributed by atoms with van der Waals surface area (Å²) in [5.41, 5.74) is 2.90. The van der Waals surface area contributed by atoms with Crippen LogP contribution in [0.5, 0.6) is 0 Å². The maximum Gasteiger partial charge on any atom is 0.260 e. The van der Waals surface area contributed by atoms with E-state index in [1.165, 1.54) is 28.7 Å². The predicted octanol–water partition coefficient (Wildman–Crippen LogP) is 4.56. The van der Waals surface area contributed by atoms with Gasteiger partial charge < -0.3 is 0 Å². The number of hydrogen-bond acceptors (Lipinski definition) is 5. The standard InChI is InChI=1S/C17H15N3OS2/c1-11-5-6-12(2)14(10-11)23-16-13(4-3-7-18-16)15(21)20-17-19-8-9-22-17/h3-10H,1-2H3,(H,19,20,21). The normalized spacial score (nSPS) is 10.5. The fourth-order valence-corrected chi connectivity index (χ4v) is 3.61. The highest BCUT2D eigenvalue weighted by atomic mass is 32.2. The van der Waals surface area contributed by atoms with Crippen molar-refractivity contribution in [3.8, 4) is 0 Å². The van der Waals surface area contributed by atoms with Crippen LogP contribution in [0.2, 0.25) is 0 Å². The van der Waals surface area contributed by atoms with Gasteiger partial charge in [0.2, 0.25) is 0 Å². The minimum atomic E-state index is -0.194. The van der Waals surface area contributed by atoms with Gasteiger partial charge in [0.15, 0.2) is 5.13 Å². The van der Waals surface area contributed by atoms with E-state index >= 15 is 0 Å². The molecule has 0 aliphatic carbocycles. The van der Waals surface area contributed by atoms with E-state index in [2.05, 4.69) is 47.3 Å². The maximum absolute atomic E-state index is 12.5. The van der Waals surface area contributed by atoms with E-state index in [9.17, 15) is 4.79 Å². The number of thiazole rings is 1. The van der Waals surface area contributed by atoms with Gasteiger partial charge in [0.05, 0.1) is 5.56 Å². The number of aryl methyl sites for hydroxylation is 2. The predicted molar refractivity (Wildman–Crippen MR) is 94.3 cm³/mol. The molecule has 0 unspecified atom stereocenters. The number of amides is 1. The Morgan fingerprint density at radius 2 is 2.04 bits per heavy atom. The van der Waals surface area contributed by atoms with Gasteiger partial charge in [0, 0.05) is 22.7 Å². The lowest BCUT2D eigenvalue weighted by atomic mass is 10.2. The monoisotopic (exact) mass is 341 g/mol. The Hall–Kier alpha value is -2.18. The molecule has 0 spiro atoms. The summed E-state index contributed by atoms with van der Waals surface area (Å²) in [7, 11) is 0. The van der Waals surface area contributed by atoms with Crippen molar-refractivity contribution >= 4 is 34.1 Å². The van der Waals surface area contributed by atoms with E-state index in [1.807, 2.05) is 5.38 Å². The molecule has 23 heavy (non-hydrogen) atoms. The number of pyridine rings is 1. The second-order valence-corrected chi connectivity index (χ2v) is 6.94. The maximum atomic E-state index is 12.5. The van der Waals surface area contributed by atoms with E-state index < -0.39 is 0 Å². The van der Waals surface area contributed by atoms with Gasteiger partial charge >= 0.3 is 0 Å². The Bertz CT molecular complexity index is 832. The van der Waals surface area contributed by atoms with E-state index in [0.29, 0.717) is 15.7 Å². The molecule has 1 amide bonds. The fourth-order valence-electron chi connectivity index (χ4n) is 2.02. The number of nitrogens with zero attached hydrogens (tertiary/aromatic N) is 2. The van der Waals surface area contributed by atoms with Gasteiger partial charge in [-0.15, -0.1) is 11.3 Å². The Balaban J connectivity index is 1.88. The van der Waals surface area contributed by atoms with Crippen LogP contribution >= 0.6 is 23.1 Å². The summed E-state index contributed by atoms with van der Waals surface area (Å²) in [5, 5.41) is 5.90. The number of anilines is 1. The minimum absolute atomic E-state index is 0.194. The van der Waals surface area contributed by atoms with Crippen LogP contribution in [0, 0.1) is 13.8 Å². The molecule has 0 saturated carbocycles. The van der Waals surface area contributed by atoms with Crippen molar-refractivity contribution in [2.24, 2.45) is 0 Å². The first-order chi connectivity index (χ1) is 11.1. The molecule has 3 rings (SSSR count). The summed E-state index contributed by atoms with van der Waals surface area (Å²) < 4.78 is 0. The van der Waals surface area contributed by atoms with Gasteiger partial charge in [-0.2, -0.15) is 0 Å². The van der Waals surface area contributed by atoms with Crippen LogP contribution in [0.4, 0.5) is 5.13 Å². The molecular weight excluding hydrogens is 326 g/mol. The Kier molecular flexibility index (Phi) is 4.73. The van der Waals surface area contributed by atoms with Crippen molar-refractivity contribution in [1.82, 2.24) is 9.97 Å². The van der Waals surface area contributed by atoms with Gasteiger partial charge in [-0.05, 0) is 43.2 Å². The van der Waals surface area contributed by atoms with Gasteiger partial charge in [0.25, 0.3) is 5.91 Å². The quantitative estimate of drug-likeness (QED) is 0.756. The highest BCUT2D eigenvalue weighted by Crippen LogP contribution is 2.32. The molecule has 4 nitrogen and oxygen atoms in total. The molecule has 116 valence electrons. The molecule has 0 radical (unpaired) electrons. The molecule has 6 heteroatoms. The zero-order chi connectivity index (χ0) is 16.2. The van der Waals surface area contributed by atoms with Crippen LogP contribution in [-0.4, -0.2) is 15.9 Å². The molecule has 0 fully saturated rings. The molecule has 0 bridgehead atoms. The summed E-state index contributed by atoms with van der Waals surface area (Å²) >= 11 is 2.90. The molecule has 0 saturated heterocycles. The summed E-state index contributed by atoms with van der Waals surface area (Å²) in [6.45, 7) is 4.11. The van der Waals surface area contributed by atoms with E-state index in [-0.39, 0.29) is 5.91 Å². The third kappa shape index (κ3) is 3.78. The Morgan fingerprint density at radius 3 is 2.83 bits per heavy atom. The van der Waals surface area contributed by atoms with Crippen molar-refractivity contribution in [2.45, 2.75) is 23.8 Å². The average molecular weight is 341 g/mol. The van der Waals surface area contributed by atoms with Crippen molar-refractivity contribution in [2.75, 3.05) is 5.32 Å². The van der Waals surface area contributed by atoms with Gasteiger partial charge in [0.1, 0.15) is 5.03 Å². The highest BCUT2D eigenvalue weighted by molar-refractivity contribution is 7.99. The average Bonchev–Trinajstić information content (AvgIpc) is 3.04. The van der Waals surface area contributed by atoms with Crippen molar-refractivity contribution in [3.63, 3.8) is 0 Å². The number of carbonyl (C=O) groups excluding carboxylic acids is 1. The summed E-state index contributed by atoms with van der Waals surface area (Å²) in [5.74, 6) is -0.194. The first-order valence-corrected chi connectivity index (χ1v) is 8.74. The van der Waals surface area contributed by atoms with Crippen molar-refractivity contribution in [1.29, 1.82) is 0 Å². The van der Waals surface area contributed by atoms with E-state index in [4.69, 9.17) is 0 Å². The van der Waals surface area contributed by atoms with E-state index in [0.717, 1.165) is 10.5 Å². The van der Waals surface area contributed by atoms with Crippen LogP contribution in [0.3, 0.4) is 0 Å². The van der Waals surface area contributed by atoms with Crippen LogP contribution in [0.25, 0.3) is 0 Å². The van der Waals surface area contributed by atoms with Gasteiger partial charge in [-0.3, -0.25) is 10.1 Å². The lowest BCUT2D eigenvalue weighted by Gasteiger charge is -2.10. The van der Waals surface area contributed by atoms with Crippen molar-refractivity contribution in [3.05, 3.63) is 64.8 Å². The van der Waals surface area contributed by atoms with Crippen LogP contribution in [0.15, 0.2) is 58.0 Å². The van der Waals surface area contributed by atoms with E-state index in [1.54, 1.807) is 24.5 Å². The molecule has 2 heterocycles. The molecule has 0 atom stereocenters. The fraction of sp³-hybridized carbons (Fsp3) is 0.118. The lowest BCUT2D eigenvalue weighted by Crippen LogP contribution is -2.13. The summed E-state index contributed by atoms with van der Waals surface area (Å²) in [4.78, 5) is 22.0. The SMILES string of the molecule is Cc1ccc(C)c(Sc2ncccc2C(=O)Nc2nccs2)c1. The molecule has 1 N–H and O–H groups in total. The zero-order valence-electron chi connectivity index (χ0n) is 12.7. The molecule has 0 aliphatic heterocycles. The lowest BCUT2D eigenvalue weighted by molar-refractivity contribution is 0.102. The smallest absolute Gasteiger partial charge is 0.260 e. The highest BCUT2D eigenvalue weighted by Gasteiger charge is 2.15. The first kappa shape index (κ1) is 15.7. The van der Waals surface area contributed by atoms with Crippen LogP contribution in [-0.2, 0) is 0 Å². The second-order valence-electron chi connectivity index (χ2n) is 5.02. The molecule has 2 aromatic heterocycles. The molecule has 0 aliphatic rings.